The summed E-state index contributed by atoms with van der Waals surface area (Å²) >= 11 is 0. The summed E-state index contributed by atoms with van der Waals surface area (Å²) in [5, 5.41) is 7.01. The Morgan fingerprint density at radius 1 is 1.47 bits per heavy atom. The first-order chi connectivity index (χ1) is 8.21. The highest BCUT2D eigenvalue weighted by molar-refractivity contribution is 5.77. The smallest absolute Gasteiger partial charge is 0.189 e. The molecule has 0 aromatic carbocycles. The van der Waals surface area contributed by atoms with Crippen molar-refractivity contribution in [2.45, 2.75) is 46.1 Å². The van der Waals surface area contributed by atoms with Crippen LogP contribution in [-0.2, 0) is 6.54 Å². The van der Waals surface area contributed by atoms with Crippen LogP contribution in [-0.4, -0.2) is 17.7 Å². The normalized spacial score (nSPS) is 12.1. The molecule has 0 aliphatic carbocycles. The van der Waals surface area contributed by atoms with E-state index in [1.54, 1.807) is 0 Å². The van der Waals surface area contributed by atoms with Gasteiger partial charge in [-0.05, 0) is 19.8 Å². The summed E-state index contributed by atoms with van der Waals surface area (Å²) in [5.74, 6) is 1.67. The SMILES string of the molecule is CCNC(N)=NCc1cc(C(CC)CC)no1. The number of hydrogen-bond donors (Lipinski definition) is 2. The van der Waals surface area contributed by atoms with Crippen molar-refractivity contribution >= 4 is 5.96 Å². The molecule has 0 unspecified atom stereocenters. The predicted molar refractivity (Wildman–Crippen MR) is 68.8 cm³/mol. The van der Waals surface area contributed by atoms with Crippen LogP contribution in [0.2, 0.25) is 0 Å². The topological polar surface area (TPSA) is 76.4 Å². The second kappa shape index (κ2) is 6.93. The van der Waals surface area contributed by atoms with Crippen LogP contribution in [0.4, 0.5) is 0 Å². The minimum absolute atomic E-state index is 0.436. The molecule has 0 amide bonds. The lowest BCUT2D eigenvalue weighted by Gasteiger charge is -2.05. The Labute approximate surface area is 102 Å². The van der Waals surface area contributed by atoms with Gasteiger partial charge in [-0.1, -0.05) is 19.0 Å². The summed E-state index contributed by atoms with van der Waals surface area (Å²) in [5.41, 5.74) is 6.64. The van der Waals surface area contributed by atoms with Crippen LogP contribution in [0.15, 0.2) is 15.6 Å². The standard InChI is InChI=1S/C12H22N4O/c1-4-9(5-2)11-7-10(17-16-11)8-15-12(13)14-6-3/h7,9H,4-6,8H2,1-3H3,(H3,13,14,15). The predicted octanol–water partition coefficient (Wildman–Crippen LogP) is 2.00. The third-order valence-electron chi connectivity index (χ3n) is 2.74. The second-order valence-electron chi connectivity index (χ2n) is 3.96. The third-order valence-corrected chi connectivity index (χ3v) is 2.74. The molecule has 3 N–H and O–H groups in total. The average Bonchev–Trinajstić information content (AvgIpc) is 2.77. The van der Waals surface area contributed by atoms with Crippen molar-refractivity contribution in [3.8, 4) is 0 Å². The molecule has 96 valence electrons. The van der Waals surface area contributed by atoms with Gasteiger partial charge in [0.05, 0.1) is 5.69 Å². The molecule has 1 rings (SSSR count). The van der Waals surface area contributed by atoms with Crippen LogP contribution in [0.25, 0.3) is 0 Å². The number of guanidine groups is 1. The fourth-order valence-electron chi connectivity index (χ4n) is 1.70. The van der Waals surface area contributed by atoms with Crippen LogP contribution >= 0.6 is 0 Å². The summed E-state index contributed by atoms with van der Waals surface area (Å²) < 4.78 is 5.24. The molecule has 0 radical (unpaired) electrons. The molecule has 1 aromatic rings. The van der Waals surface area contributed by atoms with Crippen molar-refractivity contribution in [2.24, 2.45) is 10.7 Å². The van der Waals surface area contributed by atoms with Crippen molar-refractivity contribution in [1.29, 1.82) is 0 Å². The van der Waals surface area contributed by atoms with Gasteiger partial charge in [-0.3, -0.25) is 0 Å². The Bertz CT molecular complexity index is 355. The molecule has 0 saturated carbocycles. The molecule has 0 atom stereocenters. The lowest BCUT2D eigenvalue weighted by molar-refractivity contribution is 0.372. The fraction of sp³-hybridized carbons (Fsp3) is 0.667. The summed E-state index contributed by atoms with van der Waals surface area (Å²) in [6, 6.07) is 1.97. The summed E-state index contributed by atoms with van der Waals surface area (Å²) in [6.07, 6.45) is 2.15. The molecule has 0 spiro atoms. The first-order valence-electron chi connectivity index (χ1n) is 6.20. The minimum Gasteiger partial charge on any atom is -0.370 e. The molecule has 0 aliphatic heterocycles. The Morgan fingerprint density at radius 2 is 2.18 bits per heavy atom. The van der Waals surface area contributed by atoms with E-state index in [1.807, 2.05) is 13.0 Å². The average molecular weight is 238 g/mol. The van der Waals surface area contributed by atoms with E-state index in [0.29, 0.717) is 18.4 Å². The highest BCUT2D eigenvalue weighted by atomic mass is 16.5. The molecular formula is C12H22N4O. The van der Waals surface area contributed by atoms with Crippen LogP contribution in [0.1, 0.15) is 51.0 Å². The van der Waals surface area contributed by atoms with Crippen molar-refractivity contribution in [3.05, 3.63) is 17.5 Å². The number of nitrogens with zero attached hydrogens (tertiary/aromatic N) is 2. The number of aromatic nitrogens is 1. The van der Waals surface area contributed by atoms with Crippen molar-refractivity contribution in [3.63, 3.8) is 0 Å². The number of hydrogen-bond acceptors (Lipinski definition) is 3. The van der Waals surface area contributed by atoms with Gasteiger partial charge in [0.1, 0.15) is 6.54 Å². The first-order valence-corrected chi connectivity index (χ1v) is 6.20. The lowest BCUT2D eigenvalue weighted by Crippen LogP contribution is -2.31. The number of rotatable bonds is 6. The van der Waals surface area contributed by atoms with Gasteiger partial charge in [0.25, 0.3) is 0 Å². The van der Waals surface area contributed by atoms with E-state index >= 15 is 0 Å². The highest BCUT2D eigenvalue weighted by Gasteiger charge is 2.12. The molecule has 0 aliphatic rings. The zero-order valence-electron chi connectivity index (χ0n) is 10.9. The maximum absolute atomic E-state index is 5.63. The van der Waals surface area contributed by atoms with Crippen molar-refractivity contribution < 1.29 is 4.52 Å². The van der Waals surface area contributed by atoms with Gasteiger partial charge in [-0.2, -0.15) is 0 Å². The largest absolute Gasteiger partial charge is 0.370 e. The van der Waals surface area contributed by atoms with Gasteiger partial charge in [-0.25, -0.2) is 4.99 Å². The van der Waals surface area contributed by atoms with Gasteiger partial charge in [-0.15, -0.1) is 0 Å². The van der Waals surface area contributed by atoms with Crippen molar-refractivity contribution in [2.75, 3.05) is 6.54 Å². The number of aliphatic imine (C=N–C) groups is 1. The van der Waals surface area contributed by atoms with Gasteiger partial charge in [0, 0.05) is 18.5 Å². The van der Waals surface area contributed by atoms with E-state index in [-0.39, 0.29) is 0 Å². The monoisotopic (exact) mass is 238 g/mol. The maximum Gasteiger partial charge on any atom is 0.189 e. The van der Waals surface area contributed by atoms with Crippen LogP contribution in [0, 0.1) is 0 Å². The molecule has 0 bridgehead atoms. The maximum atomic E-state index is 5.63. The number of nitrogens with one attached hydrogen (secondary N) is 1. The van der Waals surface area contributed by atoms with Crippen LogP contribution < -0.4 is 11.1 Å². The third kappa shape index (κ3) is 4.09. The van der Waals surface area contributed by atoms with E-state index in [4.69, 9.17) is 10.3 Å². The van der Waals surface area contributed by atoms with Gasteiger partial charge in [0.15, 0.2) is 11.7 Å². The van der Waals surface area contributed by atoms with Crippen LogP contribution in [0.3, 0.4) is 0 Å². The molecule has 5 heteroatoms. The molecule has 1 heterocycles. The molecule has 1 aromatic heterocycles. The Kier molecular flexibility index (Phi) is 5.52. The first kappa shape index (κ1) is 13.5. The van der Waals surface area contributed by atoms with Gasteiger partial charge >= 0.3 is 0 Å². The Hall–Kier alpha value is -1.52. The zero-order chi connectivity index (χ0) is 12.7. The van der Waals surface area contributed by atoms with E-state index in [9.17, 15) is 0 Å². The molecular weight excluding hydrogens is 216 g/mol. The van der Waals surface area contributed by atoms with Crippen molar-refractivity contribution in [1.82, 2.24) is 10.5 Å². The van der Waals surface area contributed by atoms with Crippen LogP contribution in [0.5, 0.6) is 0 Å². The van der Waals surface area contributed by atoms with E-state index in [0.717, 1.165) is 30.8 Å². The Balaban J connectivity index is 2.59. The zero-order valence-corrected chi connectivity index (χ0v) is 10.9. The van der Waals surface area contributed by atoms with E-state index in [1.165, 1.54) is 0 Å². The minimum atomic E-state index is 0.436. The summed E-state index contributed by atoms with van der Waals surface area (Å²) in [4.78, 5) is 4.16. The second-order valence-corrected chi connectivity index (χ2v) is 3.96. The summed E-state index contributed by atoms with van der Waals surface area (Å²) in [6.45, 7) is 7.49. The van der Waals surface area contributed by atoms with Gasteiger partial charge in [0.2, 0.25) is 0 Å². The molecule has 0 saturated heterocycles. The Morgan fingerprint density at radius 3 is 2.76 bits per heavy atom. The molecule has 0 fully saturated rings. The molecule has 17 heavy (non-hydrogen) atoms. The number of nitrogens with two attached hydrogens (primary N) is 1. The van der Waals surface area contributed by atoms with Gasteiger partial charge < -0.3 is 15.6 Å². The van der Waals surface area contributed by atoms with E-state index < -0.39 is 0 Å². The molecule has 5 nitrogen and oxygen atoms in total. The fourth-order valence-corrected chi connectivity index (χ4v) is 1.70. The summed E-state index contributed by atoms with van der Waals surface area (Å²) in [7, 11) is 0. The quantitative estimate of drug-likeness (QED) is 0.587. The highest BCUT2D eigenvalue weighted by Crippen LogP contribution is 2.22. The van der Waals surface area contributed by atoms with E-state index in [2.05, 4.69) is 29.3 Å². The lowest BCUT2D eigenvalue weighted by atomic mass is 9.99.